The molecule has 23 heteroatoms. The minimum atomic E-state index is -3.08. The standard InChI is InChI=1S/C73H138N2O21/c1-4-6-8-10-12-14-16-18-20-22-23-24-25-26-27-28-29-31-33-35-37-39-41-43-45-47-60(83)75-54(55(80)46-44-42-40-38-36-34-32-30-21-19-17-15-13-11-9-7-5-2)52-91-70-65(87)64(86)67(59(51-78)93-70)94-71-66(88)69(63(85)58(50-77)92-71)96-73(72(89)90)48-56(81)61(74-53(3)79)68(95-73)62(84)57(82)49-76/h54-59,61-71,76-78,80-82,84-88H,4-52H2,1-3H3,(H,74,79)(H,75,83)(H,89,90). The van der Waals surface area contributed by atoms with Gasteiger partial charge in [0, 0.05) is 19.8 Å². The molecule has 23 nitrogen and oxygen atoms in total. The van der Waals surface area contributed by atoms with Crippen molar-refractivity contribution in [2.45, 2.75) is 420 Å². The molecule has 3 fully saturated rings. The molecular weight excluding hydrogens is 1240 g/mol. The Bertz CT molecular complexity index is 1930. The molecule has 0 radical (unpaired) electrons. The van der Waals surface area contributed by atoms with Gasteiger partial charge in [-0.1, -0.05) is 277 Å². The zero-order chi connectivity index (χ0) is 70.4. The van der Waals surface area contributed by atoms with Gasteiger partial charge in [-0.2, -0.15) is 0 Å². The molecule has 2 amide bonds. The maximum Gasteiger partial charge on any atom is 0.364 e. The first-order chi connectivity index (χ1) is 46.4. The molecule has 3 aliphatic rings. The molecule has 0 aliphatic carbocycles. The summed E-state index contributed by atoms with van der Waals surface area (Å²) in [6.07, 6.45) is 23.8. The molecule has 96 heavy (non-hydrogen) atoms. The minimum absolute atomic E-state index is 0.230. The highest BCUT2D eigenvalue weighted by Gasteiger charge is 2.60. The third-order valence-corrected chi connectivity index (χ3v) is 19.8. The minimum Gasteiger partial charge on any atom is -0.477 e. The first-order valence-corrected chi connectivity index (χ1v) is 38.4. The van der Waals surface area contributed by atoms with Gasteiger partial charge in [-0.15, -0.1) is 0 Å². The fourth-order valence-corrected chi connectivity index (χ4v) is 13.7. The van der Waals surface area contributed by atoms with Gasteiger partial charge in [0.15, 0.2) is 12.6 Å². The first-order valence-electron chi connectivity index (χ1n) is 38.4. The Balaban J connectivity index is 1.53. The van der Waals surface area contributed by atoms with E-state index < -0.39 is 148 Å². The number of carbonyl (C=O) groups is 3. The van der Waals surface area contributed by atoms with E-state index in [1.165, 1.54) is 212 Å². The third-order valence-electron chi connectivity index (χ3n) is 19.8. The molecule has 14 N–H and O–H groups in total. The number of nitrogens with one attached hydrogen (secondary N) is 2. The highest BCUT2D eigenvalue weighted by molar-refractivity contribution is 5.77. The molecule has 0 saturated carbocycles. The maximum atomic E-state index is 13.5. The predicted molar refractivity (Wildman–Crippen MR) is 366 cm³/mol. The van der Waals surface area contributed by atoms with Crippen LogP contribution in [-0.4, -0.2) is 215 Å². The summed E-state index contributed by atoms with van der Waals surface area (Å²) in [6, 6.07) is -2.52. The molecule has 3 aliphatic heterocycles. The quantitative estimate of drug-likeness (QED) is 0.0253. The number of carboxylic acid groups (broad SMARTS) is 1. The summed E-state index contributed by atoms with van der Waals surface area (Å²) in [5.74, 6) is -6.09. The van der Waals surface area contributed by atoms with Gasteiger partial charge in [0.25, 0.3) is 5.79 Å². The van der Waals surface area contributed by atoms with Crippen molar-refractivity contribution in [1.29, 1.82) is 0 Å². The largest absolute Gasteiger partial charge is 0.477 e. The number of ether oxygens (including phenoxy) is 6. The van der Waals surface area contributed by atoms with Crippen LogP contribution in [0, 0.1) is 0 Å². The average Bonchev–Trinajstić information content (AvgIpc) is 0.758. The van der Waals surface area contributed by atoms with Crippen LogP contribution in [0.4, 0.5) is 0 Å². The normalized spacial score (nSPS) is 27.5. The number of rotatable bonds is 60. The Morgan fingerprint density at radius 1 is 0.500 bits per heavy atom. The van der Waals surface area contributed by atoms with Crippen LogP contribution >= 0.6 is 0 Å². The van der Waals surface area contributed by atoms with Crippen molar-refractivity contribution in [2.24, 2.45) is 0 Å². The lowest BCUT2D eigenvalue weighted by molar-refractivity contribution is -0.386. The molecule has 0 spiro atoms. The second kappa shape index (κ2) is 53.5. The molecule has 3 rings (SSSR count). The number of hydrogen-bond donors (Lipinski definition) is 14. The van der Waals surface area contributed by atoms with Crippen molar-refractivity contribution in [3.8, 4) is 0 Å². The van der Waals surface area contributed by atoms with Crippen molar-refractivity contribution in [1.82, 2.24) is 10.6 Å². The van der Waals surface area contributed by atoms with Gasteiger partial charge in [0.2, 0.25) is 11.8 Å². The zero-order valence-corrected chi connectivity index (χ0v) is 59.5. The van der Waals surface area contributed by atoms with E-state index in [4.69, 9.17) is 28.4 Å². The Kier molecular flexibility index (Phi) is 49.0. The van der Waals surface area contributed by atoms with E-state index in [2.05, 4.69) is 24.5 Å². The van der Waals surface area contributed by atoms with E-state index in [0.717, 1.165) is 51.9 Å². The average molecular weight is 1380 g/mol. The molecule has 3 saturated heterocycles. The molecule has 0 bridgehead atoms. The van der Waals surface area contributed by atoms with Gasteiger partial charge >= 0.3 is 5.97 Å². The van der Waals surface area contributed by atoms with Crippen molar-refractivity contribution >= 4 is 17.8 Å². The van der Waals surface area contributed by atoms with Crippen LogP contribution in [0.3, 0.4) is 0 Å². The number of aliphatic hydroxyl groups excluding tert-OH is 11. The number of carbonyl (C=O) groups excluding carboxylic acids is 2. The molecular formula is C73H138N2O21. The third kappa shape index (κ3) is 34.6. The van der Waals surface area contributed by atoms with Gasteiger partial charge in [-0.05, 0) is 12.8 Å². The van der Waals surface area contributed by atoms with E-state index >= 15 is 0 Å². The van der Waals surface area contributed by atoms with Gasteiger partial charge in [-0.3, -0.25) is 9.59 Å². The Labute approximate surface area is 576 Å². The molecule has 18 unspecified atom stereocenters. The van der Waals surface area contributed by atoms with Crippen LogP contribution in [0.15, 0.2) is 0 Å². The second-order valence-electron chi connectivity index (χ2n) is 28.2. The summed E-state index contributed by atoms with van der Waals surface area (Å²) in [5, 5.41) is 136. The summed E-state index contributed by atoms with van der Waals surface area (Å²) < 4.78 is 34.9. The Morgan fingerprint density at radius 2 is 0.906 bits per heavy atom. The lowest BCUT2D eigenvalue weighted by atomic mass is 9.88. The number of amides is 2. The lowest BCUT2D eigenvalue weighted by Crippen LogP contribution is -2.70. The lowest BCUT2D eigenvalue weighted by Gasteiger charge is -2.50. The van der Waals surface area contributed by atoms with Crippen molar-refractivity contribution in [2.75, 3.05) is 26.4 Å². The number of hydrogen-bond acceptors (Lipinski definition) is 20. The molecule has 0 aromatic heterocycles. The Hall–Kier alpha value is -2.27. The van der Waals surface area contributed by atoms with Crippen molar-refractivity contribution in [3.05, 3.63) is 0 Å². The van der Waals surface area contributed by atoms with E-state index in [0.29, 0.717) is 19.3 Å². The molecule has 0 aromatic rings. The summed E-state index contributed by atoms with van der Waals surface area (Å²) in [7, 11) is 0. The maximum absolute atomic E-state index is 13.5. The summed E-state index contributed by atoms with van der Waals surface area (Å²) in [4.78, 5) is 38.6. The van der Waals surface area contributed by atoms with Crippen LogP contribution in [-0.2, 0) is 42.8 Å². The molecule has 18 atom stereocenters. The van der Waals surface area contributed by atoms with Gasteiger partial charge in [-0.25, -0.2) is 4.79 Å². The smallest absolute Gasteiger partial charge is 0.364 e. The molecule has 3 heterocycles. The molecule has 0 aromatic carbocycles. The van der Waals surface area contributed by atoms with Crippen molar-refractivity contribution < 1.29 is 104 Å². The fraction of sp³-hybridized carbons (Fsp3) is 0.959. The highest BCUT2D eigenvalue weighted by atomic mass is 16.8. The van der Waals surface area contributed by atoms with Gasteiger partial charge < -0.3 is 100 Å². The highest BCUT2D eigenvalue weighted by Crippen LogP contribution is 2.39. The van der Waals surface area contributed by atoms with E-state index in [-0.39, 0.29) is 18.9 Å². The zero-order valence-electron chi connectivity index (χ0n) is 59.5. The van der Waals surface area contributed by atoms with Gasteiger partial charge in [0.05, 0.1) is 50.7 Å². The van der Waals surface area contributed by atoms with E-state index in [9.17, 15) is 75.7 Å². The van der Waals surface area contributed by atoms with Crippen LogP contribution in [0.25, 0.3) is 0 Å². The predicted octanol–water partition coefficient (Wildman–Crippen LogP) is 8.85. The summed E-state index contributed by atoms with van der Waals surface area (Å²) >= 11 is 0. The molecule has 566 valence electrons. The van der Waals surface area contributed by atoms with Gasteiger partial charge in [0.1, 0.15) is 67.1 Å². The van der Waals surface area contributed by atoms with Crippen LogP contribution in [0.1, 0.15) is 310 Å². The van der Waals surface area contributed by atoms with Crippen molar-refractivity contribution in [3.63, 3.8) is 0 Å². The number of aliphatic hydroxyl groups is 11. The topological polar surface area (TPSA) is 373 Å². The summed E-state index contributed by atoms with van der Waals surface area (Å²) in [5.41, 5.74) is 0. The second-order valence-corrected chi connectivity index (χ2v) is 28.2. The van der Waals surface area contributed by atoms with Crippen LogP contribution < -0.4 is 10.6 Å². The monoisotopic (exact) mass is 1380 g/mol. The number of aliphatic carboxylic acids is 1. The van der Waals surface area contributed by atoms with E-state index in [1.807, 2.05) is 0 Å². The Morgan fingerprint density at radius 3 is 1.30 bits per heavy atom. The van der Waals surface area contributed by atoms with E-state index in [1.54, 1.807) is 0 Å². The first kappa shape index (κ1) is 87.9. The number of carboxylic acids is 1. The van der Waals surface area contributed by atoms with Crippen LogP contribution in [0.5, 0.6) is 0 Å². The SMILES string of the molecule is CCCCCCCCCCCCCCCCCCCCCCCCCCCC(=O)NC(COC1OC(CO)C(OC2OC(CO)C(O)C(OC3(C(=O)O)CC(O)C(NC(C)=O)C(C(O)C(O)CO)O3)C2O)C(O)C1O)C(O)CCCCCCCCCCCCCCCCCCC. The summed E-state index contributed by atoms with van der Waals surface area (Å²) in [6.45, 7) is 2.25. The number of unbranched alkanes of at least 4 members (excludes halogenated alkanes) is 40. The fourth-order valence-electron chi connectivity index (χ4n) is 13.7. The van der Waals surface area contributed by atoms with Crippen LogP contribution in [0.2, 0.25) is 0 Å².